The normalized spacial score (nSPS) is 20.5. The summed E-state index contributed by atoms with van der Waals surface area (Å²) in [4.78, 5) is 0. The molecular weight excluding hydrogens is 374 g/mol. The average Bonchev–Trinajstić information content (AvgIpc) is 3.13. The summed E-state index contributed by atoms with van der Waals surface area (Å²) < 4.78 is 185. The fourth-order valence-electron chi connectivity index (χ4n) is 2.56. The van der Waals surface area contributed by atoms with Crippen LogP contribution in [0.4, 0.5) is 11.4 Å². The maximum atomic E-state index is 9.21. The van der Waals surface area contributed by atoms with Gasteiger partial charge >= 0.3 is 0 Å². The fourth-order valence-corrected chi connectivity index (χ4v) is 2.56. The summed E-state index contributed by atoms with van der Waals surface area (Å²) in [7, 11) is 0. The highest BCUT2D eigenvalue weighted by molar-refractivity contribution is 5.85. The average molecular weight is 420 g/mol. The summed E-state index contributed by atoms with van der Waals surface area (Å²) >= 11 is 0. The third-order valence-electron chi connectivity index (χ3n) is 3.94. The van der Waals surface area contributed by atoms with Crippen LogP contribution in [-0.2, 0) is 0 Å². The van der Waals surface area contributed by atoms with Crippen molar-refractivity contribution in [2.45, 2.75) is 0 Å². The van der Waals surface area contributed by atoms with Gasteiger partial charge in [0.1, 0.15) is 0 Å². The van der Waals surface area contributed by atoms with Crippen LogP contribution < -0.4 is 5.32 Å². The quantitative estimate of drug-likeness (QED) is 0.301. The molecule has 0 atom stereocenters. The molecule has 5 aromatic carbocycles. The zero-order chi connectivity index (χ0) is 40.0. The Morgan fingerprint density at radius 2 is 0.871 bits per heavy atom. The molecule has 0 amide bonds. The van der Waals surface area contributed by atoms with Crippen LogP contribution in [0.2, 0.25) is 0 Å². The standard InChI is InChI=1S/C30H23N/c1-4-10-23(11-5-1)25-16-19-28(20-17-25)31-30-21-18-27(24-12-6-2-7-13-24)22-29(30)26-14-8-3-9-15-26/h1-22,31H/i1D,2D,3D,4D,5D,6D,7D,8D,9D,10D,11D,12D,13D,14D,15D,16D,17D,18D,19D,20D,21D,22D. The van der Waals surface area contributed by atoms with Crippen molar-refractivity contribution in [3.05, 3.63) is 133 Å². The van der Waals surface area contributed by atoms with Crippen LogP contribution in [0, 0.1) is 0 Å². The van der Waals surface area contributed by atoms with Crippen LogP contribution in [-0.4, -0.2) is 0 Å². The monoisotopic (exact) mass is 419 g/mol. The van der Waals surface area contributed by atoms with E-state index in [-0.39, 0.29) is 0 Å². The Kier molecular flexibility index (Phi) is 1.81. The summed E-state index contributed by atoms with van der Waals surface area (Å²) in [6.45, 7) is 0. The number of rotatable bonds is 5. The molecule has 0 aliphatic rings. The number of benzene rings is 5. The number of nitrogens with one attached hydrogen (secondary N) is 1. The van der Waals surface area contributed by atoms with Crippen LogP contribution in [0.15, 0.2) is 133 Å². The van der Waals surface area contributed by atoms with Gasteiger partial charge in [0.2, 0.25) is 0 Å². The van der Waals surface area contributed by atoms with Gasteiger partial charge in [0, 0.05) is 16.9 Å². The lowest BCUT2D eigenvalue weighted by molar-refractivity contribution is 1.52. The predicted octanol–water partition coefficient (Wildman–Crippen LogP) is 8.43. The molecule has 0 bridgehead atoms. The van der Waals surface area contributed by atoms with Crippen LogP contribution in [0.5, 0.6) is 0 Å². The van der Waals surface area contributed by atoms with Crippen LogP contribution in [0.25, 0.3) is 33.4 Å². The van der Waals surface area contributed by atoms with Crippen molar-refractivity contribution in [3.63, 3.8) is 0 Å². The van der Waals surface area contributed by atoms with E-state index in [0.29, 0.717) is 0 Å². The molecule has 0 fully saturated rings. The summed E-state index contributed by atoms with van der Waals surface area (Å²) in [5.41, 5.74) is -5.82. The van der Waals surface area contributed by atoms with Crippen molar-refractivity contribution in [1.82, 2.24) is 0 Å². The second-order valence-corrected chi connectivity index (χ2v) is 5.88. The van der Waals surface area contributed by atoms with Gasteiger partial charge in [0.05, 0.1) is 30.2 Å². The molecule has 0 aliphatic heterocycles. The Hall–Kier alpha value is -4.10. The molecular formula is C30H23N. The van der Waals surface area contributed by atoms with E-state index in [1.165, 1.54) is 0 Å². The zero-order valence-electron chi connectivity index (χ0n) is 37.5. The maximum Gasteiger partial charge on any atom is 0.0645 e. The summed E-state index contributed by atoms with van der Waals surface area (Å²) in [5, 5.41) is 2.45. The van der Waals surface area contributed by atoms with E-state index in [0.717, 1.165) is 0 Å². The van der Waals surface area contributed by atoms with Gasteiger partial charge in [0.25, 0.3) is 0 Å². The van der Waals surface area contributed by atoms with Crippen molar-refractivity contribution in [1.29, 1.82) is 0 Å². The minimum atomic E-state index is -0.976. The van der Waals surface area contributed by atoms with Gasteiger partial charge < -0.3 is 5.32 Å². The van der Waals surface area contributed by atoms with E-state index >= 15 is 0 Å². The minimum Gasteiger partial charge on any atom is -0.355 e. The molecule has 0 saturated carbocycles. The highest BCUT2D eigenvalue weighted by Crippen LogP contribution is 2.35. The van der Waals surface area contributed by atoms with Gasteiger partial charge in [-0.05, 0) is 52.0 Å². The van der Waals surface area contributed by atoms with Gasteiger partial charge in [-0.1, -0.05) is 109 Å². The van der Waals surface area contributed by atoms with Gasteiger partial charge in [-0.15, -0.1) is 0 Å². The van der Waals surface area contributed by atoms with Crippen molar-refractivity contribution in [2.24, 2.45) is 0 Å². The molecule has 148 valence electrons. The number of anilines is 2. The lowest BCUT2D eigenvalue weighted by Crippen LogP contribution is -1.94. The molecule has 0 heterocycles. The zero-order valence-corrected chi connectivity index (χ0v) is 15.5. The van der Waals surface area contributed by atoms with E-state index in [1.54, 1.807) is 0 Å². The first-order chi connectivity index (χ1) is 24.5. The largest absolute Gasteiger partial charge is 0.355 e. The minimum absolute atomic E-state index is 0.648. The molecule has 0 aliphatic carbocycles. The summed E-state index contributed by atoms with van der Waals surface area (Å²) in [6, 6.07) is -19.4. The molecule has 1 N–H and O–H groups in total. The Bertz CT molecular complexity index is 2340. The van der Waals surface area contributed by atoms with Crippen LogP contribution in [0.3, 0.4) is 0 Å². The maximum absolute atomic E-state index is 9.21. The van der Waals surface area contributed by atoms with E-state index < -0.39 is 178 Å². The molecule has 0 spiro atoms. The van der Waals surface area contributed by atoms with Crippen molar-refractivity contribution < 1.29 is 30.2 Å². The number of hydrogen-bond donors (Lipinski definition) is 1. The summed E-state index contributed by atoms with van der Waals surface area (Å²) in [5.74, 6) is 0. The molecule has 1 nitrogen and oxygen atoms in total. The first kappa shape index (κ1) is 6.45. The Morgan fingerprint density at radius 3 is 1.45 bits per heavy atom. The van der Waals surface area contributed by atoms with E-state index in [9.17, 15) is 1.37 Å². The number of hydrogen-bond acceptors (Lipinski definition) is 1. The molecule has 0 saturated heterocycles. The van der Waals surface area contributed by atoms with Gasteiger partial charge in [-0.25, -0.2) is 0 Å². The van der Waals surface area contributed by atoms with Gasteiger partial charge in [-0.2, -0.15) is 0 Å². The smallest absolute Gasteiger partial charge is 0.0645 e. The molecule has 1 heteroatoms. The van der Waals surface area contributed by atoms with Gasteiger partial charge in [0.15, 0.2) is 0 Å². The van der Waals surface area contributed by atoms with Crippen molar-refractivity contribution in [3.8, 4) is 33.4 Å². The Morgan fingerprint density at radius 1 is 0.419 bits per heavy atom. The van der Waals surface area contributed by atoms with E-state index in [4.69, 9.17) is 28.8 Å². The lowest BCUT2D eigenvalue weighted by atomic mass is 9.97. The molecule has 0 aromatic heterocycles. The Labute approximate surface area is 214 Å². The van der Waals surface area contributed by atoms with E-state index in [2.05, 4.69) is 5.32 Å². The predicted molar refractivity (Wildman–Crippen MR) is 132 cm³/mol. The third-order valence-corrected chi connectivity index (χ3v) is 3.94. The highest BCUT2D eigenvalue weighted by atomic mass is 14.9. The van der Waals surface area contributed by atoms with Crippen LogP contribution >= 0.6 is 0 Å². The molecule has 5 aromatic rings. The second kappa shape index (κ2) is 8.73. The highest BCUT2D eigenvalue weighted by Gasteiger charge is 2.09. The molecule has 5 rings (SSSR count). The SMILES string of the molecule is [2H]c1c([2H])c([2H])c(-c2c([2H])c([2H])c(Nc3c([2H])c([2H])c(-c4c([2H])c([2H])c([2H])c([2H])c4[2H])c([2H])c3-c3c([2H])c([2H])c([2H])c([2H])c3[2H])c([2H])c2[2H])c([2H])c1[2H]. The van der Waals surface area contributed by atoms with Crippen LogP contribution in [0.1, 0.15) is 30.2 Å². The summed E-state index contributed by atoms with van der Waals surface area (Å²) in [6.07, 6.45) is 0. The van der Waals surface area contributed by atoms with Gasteiger partial charge in [-0.3, -0.25) is 0 Å². The topological polar surface area (TPSA) is 12.0 Å². The molecule has 31 heavy (non-hydrogen) atoms. The lowest BCUT2D eigenvalue weighted by Gasteiger charge is -2.15. The Balaban J connectivity index is 1.94. The second-order valence-electron chi connectivity index (χ2n) is 5.88. The first-order valence-electron chi connectivity index (χ1n) is 19.8. The third kappa shape index (κ3) is 4.26. The van der Waals surface area contributed by atoms with E-state index in [1.807, 2.05) is 0 Å². The molecule has 0 radical (unpaired) electrons. The molecule has 0 unspecified atom stereocenters. The first-order valence-corrected chi connectivity index (χ1v) is 8.75. The van der Waals surface area contributed by atoms with Crippen molar-refractivity contribution >= 4 is 11.4 Å². The van der Waals surface area contributed by atoms with Crippen molar-refractivity contribution in [2.75, 3.05) is 5.32 Å². The fraction of sp³-hybridized carbons (Fsp3) is 0.